The smallest absolute Gasteiger partial charge is 0.233 e. The number of aromatic nitrogens is 3. The Labute approximate surface area is 150 Å². The lowest BCUT2D eigenvalue weighted by Crippen LogP contribution is -2.30. The maximum absolute atomic E-state index is 12.3. The molecule has 1 aromatic carbocycles. The van der Waals surface area contributed by atoms with Crippen molar-refractivity contribution in [1.82, 2.24) is 20.1 Å². The number of nitrogens with one attached hydrogen (secondary N) is 1. The van der Waals surface area contributed by atoms with Gasteiger partial charge in [-0.1, -0.05) is 36.0 Å². The summed E-state index contributed by atoms with van der Waals surface area (Å²) < 4.78 is 7.14. The van der Waals surface area contributed by atoms with Gasteiger partial charge in [0.2, 0.25) is 5.91 Å². The summed E-state index contributed by atoms with van der Waals surface area (Å²) in [6.07, 6.45) is 1.59. The van der Waals surface area contributed by atoms with Crippen LogP contribution in [-0.4, -0.2) is 25.9 Å². The molecule has 0 saturated heterocycles. The second kappa shape index (κ2) is 7.57. The van der Waals surface area contributed by atoms with Crippen molar-refractivity contribution in [2.45, 2.75) is 30.8 Å². The first kappa shape index (κ1) is 17.3. The number of hydrogen-bond donors (Lipinski definition) is 1. The molecule has 0 unspecified atom stereocenters. The molecule has 1 N–H and O–H groups in total. The minimum Gasteiger partial charge on any atom is -0.467 e. The monoisotopic (exact) mass is 356 g/mol. The van der Waals surface area contributed by atoms with E-state index in [1.165, 1.54) is 11.8 Å². The highest BCUT2D eigenvalue weighted by Crippen LogP contribution is 2.27. The highest BCUT2D eigenvalue weighted by molar-refractivity contribution is 8.00. The lowest BCUT2D eigenvalue weighted by Gasteiger charge is -2.11. The molecular formula is C18H20N4O2S. The molecule has 0 aliphatic rings. The van der Waals surface area contributed by atoms with Crippen LogP contribution in [0.5, 0.6) is 0 Å². The van der Waals surface area contributed by atoms with Gasteiger partial charge in [0, 0.05) is 12.6 Å². The van der Waals surface area contributed by atoms with E-state index in [9.17, 15) is 4.79 Å². The fourth-order valence-corrected chi connectivity index (χ4v) is 3.26. The van der Waals surface area contributed by atoms with E-state index >= 15 is 0 Å². The minimum atomic E-state index is -0.289. The van der Waals surface area contributed by atoms with Gasteiger partial charge < -0.3 is 14.3 Å². The van der Waals surface area contributed by atoms with Gasteiger partial charge in [-0.15, -0.1) is 10.2 Å². The third-order valence-corrected chi connectivity index (χ3v) is 5.02. The van der Waals surface area contributed by atoms with Crippen molar-refractivity contribution in [3.63, 3.8) is 0 Å². The maximum atomic E-state index is 12.3. The van der Waals surface area contributed by atoms with Crippen LogP contribution in [0, 0.1) is 6.92 Å². The van der Waals surface area contributed by atoms with Crippen LogP contribution in [0.25, 0.3) is 11.4 Å². The predicted octanol–water partition coefficient (Wildman–Crippen LogP) is 3.18. The van der Waals surface area contributed by atoms with Crippen molar-refractivity contribution in [2.24, 2.45) is 7.05 Å². The topological polar surface area (TPSA) is 73.0 Å². The molecule has 0 radical (unpaired) electrons. The van der Waals surface area contributed by atoms with Crippen LogP contribution in [-0.2, 0) is 18.4 Å². The minimum absolute atomic E-state index is 0.0677. The molecule has 1 atom stereocenters. The van der Waals surface area contributed by atoms with Gasteiger partial charge in [0.05, 0.1) is 18.1 Å². The van der Waals surface area contributed by atoms with E-state index in [-0.39, 0.29) is 11.2 Å². The summed E-state index contributed by atoms with van der Waals surface area (Å²) in [5.74, 6) is 1.46. The summed E-state index contributed by atoms with van der Waals surface area (Å²) in [4.78, 5) is 12.3. The molecule has 0 aliphatic carbocycles. The molecule has 2 aromatic heterocycles. The highest BCUT2D eigenvalue weighted by atomic mass is 32.2. The van der Waals surface area contributed by atoms with E-state index in [2.05, 4.69) is 15.5 Å². The molecule has 0 fully saturated rings. The van der Waals surface area contributed by atoms with Gasteiger partial charge in [0.1, 0.15) is 5.76 Å². The molecule has 130 valence electrons. The predicted molar refractivity (Wildman–Crippen MR) is 97.0 cm³/mol. The number of nitrogens with zero attached hydrogens (tertiary/aromatic N) is 3. The molecule has 3 aromatic rings. The van der Waals surface area contributed by atoms with E-state index in [1.807, 2.05) is 55.8 Å². The number of thioether (sulfide) groups is 1. The standard InChI is InChI=1S/C18H20N4O2S/c1-12-7-4-5-9-15(12)16-20-21-18(22(16)3)25-13(2)17(23)19-11-14-8-6-10-24-14/h4-10,13H,11H2,1-3H3,(H,19,23)/t13-/m1/s1. The van der Waals surface area contributed by atoms with Crippen molar-refractivity contribution in [3.8, 4) is 11.4 Å². The molecule has 25 heavy (non-hydrogen) atoms. The lowest BCUT2D eigenvalue weighted by atomic mass is 10.1. The first-order chi connectivity index (χ1) is 12.1. The summed E-state index contributed by atoms with van der Waals surface area (Å²) in [6, 6.07) is 11.7. The molecular weight excluding hydrogens is 336 g/mol. The summed E-state index contributed by atoms with van der Waals surface area (Å²) >= 11 is 1.38. The zero-order chi connectivity index (χ0) is 17.8. The van der Waals surface area contributed by atoms with Crippen molar-refractivity contribution in [3.05, 3.63) is 54.0 Å². The first-order valence-electron chi connectivity index (χ1n) is 7.98. The molecule has 0 spiro atoms. The zero-order valence-electron chi connectivity index (χ0n) is 14.4. The number of rotatable bonds is 6. The number of carbonyl (C=O) groups excluding carboxylic acids is 1. The Balaban J connectivity index is 1.67. The van der Waals surface area contributed by atoms with Gasteiger partial charge in [0.25, 0.3) is 0 Å². The van der Waals surface area contributed by atoms with Gasteiger partial charge in [-0.2, -0.15) is 0 Å². The van der Waals surface area contributed by atoms with Gasteiger partial charge in [-0.25, -0.2) is 0 Å². The Morgan fingerprint density at radius 3 is 2.80 bits per heavy atom. The van der Waals surface area contributed by atoms with Gasteiger partial charge in [-0.3, -0.25) is 4.79 Å². The van der Waals surface area contributed by atoms with Gasteiger partial charge >= 0.3 is 0 Å². The lowest BCUT2D eigenvalue weighted by molar-refractivity contribution is -0.120. The Morgan fingerprint density at radius 2 is 2.08 bits per heavy atom. The van der Waals surface area contributed by atoms with Crippen LogP contribution in [0.4, 0.5) is 0 Å². The Morgan fingerprint density at radius 1 is 1.28 bits per heavy atom. The third kappa shape index (κ3) is 3.93. The molecule has 6 nitrogen and oxygen atoms in total. The number of benzene rings is 1. The van der Waals surface area contributed by atoms with Gasteiger partial charge in [-0.05, 0) is 31.5 Å². The van der Waals surface area contributed by atoms with Crippen LogP contribution >= 0.6 is 11.8 Å². The summed E-state index contributed by atoms with van der Waals surface area (Å²) in [6.45, 7) is 4.27. The van der Waals surface area contributed by atoms with Crippen LogP contribution in [0.1, 0.15) is 18.2 Å². The molecule has 0 saturated carbocycles. The Hall–Kier alpha value is -2.54. The van der Waals surface area contributed by atoms with Crippen molar-refractivity contribution >= 4 is 17.7 Å². The molecule has 3 rings (SSSR count). The highest BCUT2D eigenvalue weighted by Gasteiger charge is 2.19. The van der Waals surface area contributed by atoms with Crippen LogP contribution in [0.3, 0.4) is 0 Å². The van der Waals surface area contributed by atoms with E-state index in [0.29, 0.717) is 11.7 Å². The maximum Gasteiger partial charge on any atom is 0.233 e. The molecule has 2 heterocycles. The summed E-state index contributed by atoms with van der Waals surface area (Å²) in [5.41, 5.74) is 2.18. The fourth-order valence-electron chi connectivity index (χ4n) is 2.42. The molecule has 7 heteroatoms. The number of hydrogen-bond acceptors (Lipinski definition) is 5. The second-order valence-corrected chi connectivity index (χ2v) is 7.05. The number of amides is 1. The largest absolute Gasteiger partial charge is 0.467 e. The van der Waals surface area contributed by atoms with E-state index in [0.717, 1.165) is 22.7 Å². The quantitative estimate of drug-likeness (QED) is 0.687. The van der Waals surface area contributed by atoms with Crippen LogP contribution in [0.15, 0.2) is 52.2 Å². The SMILES string of the molecule is Cc1ccccc1-c1nnc(S[C@H](C)C(=O)NCc2ccco2)n1C. The van der Waals surface area contributed by atoms with Crippen LogP contribution in [0.2, 0.25) is 0 Å². The van der Waals surface area contributed by atoms with Gasteiger partial charge in [0.15, 0.2) is 11.0 Å². The van der Waals surface area contributed by atoms with Crippen molar-refractivity contribution < 1.29 is 9.21 Å². The molecule has 1 amide bonds. The van der Waals surface area contributed by atoms with E-state index in [1.54, 1.807) is 12.3 Å². The Bertz CT molecular complexity index is 858. The van der Waals surface area contributed by atoms with Crippen LogP contribution < -0.4 is 5.32 Å². The Kier molecular flexibility index (Phi) is 5.23. The first-order valence-corrected chi connectivity index (χ1v) is 8.86. The zero-order valence-corrected chi connectivity index (χ0v) is 15.2. The van der Waals surface area contributed by atoms with E-state index in [4.69, 9.17) is 4.42 Å². The van der Waals surface area contributed by atoms with Crippen molar-refractivity contribution in [1.29, 1.82) is 0 Å². The van der Waals surface area contributed by atoms with E-state index < -0.39 is 0 Å². The number of aryl methyl sites for hydroxylation is 1. The number of carbonyl (C=O) groups is 1. The summed E-state index contributed by atoms with van der Waals surface area (Å²) in [7, 11) is 1.91. The number of furan rings is 1. The molecule has 0 aliphatic heterocycles. The normalized spacial score (nSPS) is 12.1. The third-order valence-electron chi connectivity index (χ3n) is 3.89. The summed E-state index contributed by atoms with van der Waals surface area (Å²) in [5, 5.41) is 11.8. The fraction of sp³-hybridized carbons (Fsp3) is 0.278. The average Bonchev–Trinajstić information content (AvgIpc) is 3.24. The average molecular weight is 356 g/mol. The van der Waals surface area contributed by atoms with Crippen molar-refractivity contribution in [2.75, 3.05) is 0 Å². The second-order valence-electron chi connectivity index (χ2n) is 5.74. The molecule has 0 bridgehead atoms.